The number of pyridine rings is 1. The van der Waals surface area contributed by atoms with Crippen molar-refractivity contribution >= 4 is 17.3 Å². The van der Waals surface area contributed by atoms with Gasteiger partial charge in [0, 0.05) is 18.9 Å². The number of carboxylic acid groups (broad SMARTS) is 1. The molecular weight excluding hydrogens is 220 g/mol. The maximum Gasteiger partial charge on any atom is 0.337 e. The topological polar surface area (TPSA) is 80.0 Å². The zero-order valence-corrected chi connectivity index (χ0v) is 9.29. The number of aromatic nitrogens is 3. The van der Waals surface area contributed by atoms with E-state index in [1.54, 1.807) is 17.1 Å². The summed E-state index contributed by atoms with van der Waals surface area (Å²) in [4.78, 5) is 14.9. The van der Waals surface area contributed by atoms with Gasteiger partial charge in [0.2, 0.25) is 0 Å². The molecule has 0 radical (unpaired) electrons. The molecule has 17 heavy (non-hydrogen) atoms. The van der Waals surface area contributed by atoms with Crippen LogP contribution in [0.1, 0.15) is 17.3 Å². The average molecular weight is 232 g/mol. The quantitative estimate of drug-likeness (QED) is 0.839. The number of rotatable bonds is 4. The molecule has 0 aliphatic rings. The number of hydrogen-bond donors (Lipinski definition) is 2. The van der Waals surface area contributed by atoms with E-state index in [-0.39, 0.29) is 5.56 Å². The monoisotopic (exact) mass is 232 g/mol. The largest absolute Gasteiger partial charge is 0.478 e. The number of aryl methyl sites for hydroxylation is 1. The highest BCUT2D eigenvalue weighted by Gasteiger charge is 2.10. The van der Waals surface area contributed by atoms with Gasteiger partial charge in [0.25, 0.3) is 0 Å². The fourth-order valence-electron chi connectivity index (χ4n) is 1.44. The fourth-order valence-corrected chi connectivity index (χ4v) is 1.44. The van der Waals surface area contributed by atoms with Crippen LogP contribution in [0.2, 0.25) is 0 Å². The molecule has 2 rings (SSSR count). The van der Waals surface area contributed by atoms with E-state index >= 15 is 0 Å². The standard InChI is InChI=1S/C11H12N4O2/c1-2-15-7-8(5-13-15)14-10-6-12-4-3-9(10)11(16)17/h3-7,14H,2H2,1H3,(H,16,17). The lowest BCUT2D eigenvalue weighted by Gasteiger charge is -2.05. The van der Waals surface area contributed by atoms with E-state index in [1.807, 2.05) is 6.92 Å². The van der Waals surface area contributed by atoms with Gasteiger partial charge >= 0.3 is 5.97 Å². The van der Waals surface area contributed by atoms with Gasteiger partial charge in [-0.3, -0.25) is 9.67 Å². The number of carbonyl (C=O) groups is 1. The van der Waals surface area contributed by atoms with Crippen molar-refractivity contribution in [1.82, 2.24) is 14.8 Å². The number of carboxylic acids is 1. The maximum absolute atomic E-state index is 11.0. The fraction of sp³-hybridized carbons (Fsp3) is 0.182. The predicted octanol–water partition coefficient (Wildman–Crippen LogP) is 1.74. The Morgan fingerprint density at radius 2 is 2.35 bits per heavy atom. The van der Waals surface area contributed by atoms with Gasteiger partial charge in [0.05, 0.1) is 29.3 Å². The van der Waals surface area contributed by atoms with Gasteiger partial charge in [-0.05, 0) is 13.0 Å². The molecule has 2 heterocycles. The second-order valence-electron chi connectivity index (χ2n) is 3.44. The predicted molar refractivity (Wildman–Crippen MR) is 62.4 cm³/mol. The minimum absolute atomic E-state index is 0.184. The highest BCUT2D eigenvalue weighted by molar-refractivity contribution is 5.94. The van der Waals surface area contributed by atoms with Crippen LogP contribution in [0.4, 0.5) is 11.4 Å². The molecule has 2 aromatic heterocycles. The summed E-state index contributed by atoms with van der Waals surface area (Å²) in [5, 5.41) is 16.1. The molecule has 0 unspecified atom stereocenters. The van der Waals surface area contributed by atoms with Crippen molar-refractivity contribution in [3.63, 3.8) is 0 Å². The summed E-state index contributed by atoms with van der Waals surface area (Å²) in [7, 11) is 0. The molecule has 0 spiro atoms. The van der Waals surface area contributed by atoms with E-state index < -0.39 is 5.97 Å². The van der Waals surface area contributed by atoms with Crippen molar-refractivity contribution < 1.29 is 9.90 Å². The molecule has 2 aromatic rings. The number of nitrogens with zero attached hydrogens (tertiary/aromatic N) is 3. The van der Waals surface area contributed by atoms with Gasteiger partial charge < -0.3 is 10.4 Å². The van der Waals surface area contributed by atoms with Crippen molar-refractivity contribution in [2.75, 3.05) is 5.32 Å². The van der Waals surface area contributed by atoms with Gasteiger partial charge in [0.15, 0.2) is 0 Å². The van der Waals surface area contributed by atoms with Gasteiger partial charge in [-0.1, -0.05) is 0 Å². The summed E-state index contributed by atoms with van der Waals surface area (Å²) in [5.74, 6) is -0.988. The summed E-state index contributed by atoms with van der Waals surface area (Å²) in [5.41, 5.74) is 1.38. The van der Waals surface area contributed by atoms with Gasteiger partial charge in [-0.25, -0.2) is 4.79 Å². The summed E-state index contributed by atoms with van der Waals surface area (Å²) in [6.07, 6.45) is 6.37. The Labute approximate surface area is 97.9 Å². The first kappa shape index (κ1) is 11.1. The molecule has 6 nitrogen and oxygen atoms in total. The van der Waals surface area contributed by atoms with E-state index in [2.05, 4.69) is 15.4 Å². The second kappa shape index (κ2) is 4.65. The zero-order chi connectivity index (χ0) is 12.3. The zero-order valence-electron chi connectivity index (χ0n) is 9.29. The SMILES string of the molecule is CCn1cc(Nc2cnccc2C(=O)O)cn1. The van der Waals surface area contributed by atoms with Crippen molar-refractivity contribution in [2.24, 2.45) is 0 Å². The Kier molecular flexibility index (Phi) is 3.04. The Balaban J connectivity index is 2.26. The maximum atomic E-state index is 11.0. The first-order valence-electron chi connectivity index (χ1n) is 5.17. The summed E-state index contributed by atoms with van der Waals surface area (Å²) < 4.78 is 1.75. The Hall–Kier alpha value is -2.37. The molecule has 0 atom stereocenters. The molecule has 0 aliphatic heterocycles. The van der Waals surface area contributed by atoms with E-state index in [9.17, 15) is 4.79 Å². The van der Waals surface area contributed by atoms with Gasteiger partial charge in [-0.2, -0.15) is 5.10 Å². The van der Waals surface area contributed by atoms with Gasteiger partial charge in [-0.15, -0.1) is 0 Å². The molecule has 2 N–H and O–H groups in total. The number of nitrogens with one attached hydrogen (secondary N) is 1. The summed E-state index contributed by atoms with van der Waals surface area (Å²) in [6.45, 7) is 2.74. The molecule has 0 aliphatic carbocycles. The smallest absolute Gasteiger partial charge is 0.337 e. The number of hydrogen-bond acceptors (Lipinski definition) is 4. The molecule has 6 heteroatoms. The first-order chi connectivity index (χ1) is 8.20. The van der Waals surface area contributed by atoms with Crippen LogP contribution in [-0.2, 0) is 6.54 Å². The highest BCUT2D eigenvalue weighted by atomic mass is 16.4. The van der Waals surface area contributed by atoms with Crippen LogP contribution in [0.15, 0.2) is 30.9 Å². The Bertz CT molecular complexity index is 536. The third kappa shape index (κ3) is 2.41. The molecular formula is C11H12N4O2. The number of anilines is 2. The summed E-state index contributed by atoms with van der Waals surface area (Å²) in [6, 6.07) is 1.45. The third-order valence-corrected chi connectivity index (χ3v) is 2.29. The van der Waals surface area contributed by atoms with E-state index in [0.29, 0.717) is 5.69 Å². The second-order valence-corrected chi connectivity index (χ2v) is 3.44. The van der Waals surface area contributed by atoms with Crippen LogP contribution in [0.5, 0.6) is 0 Å². The van der Waals surface area contributed by atoms with Crippen molar-refractivity contribution in [3.05, 3.63) is 36.4 Å². The van der Waals surface area contributed by atoms with Crippen LogP contribution in [0.3, 0.4) is 0 Å². The van der Waals surface area contributed by atoms with E-state index in [4.69, 9.17) is 5.11 Å². The van der Waals surface area contributed by atoms with Crippen molar-refractivity contribution in [1.29, 1.82) is 0 Å². The molecule has 0 aromatic carbocycles. The van der Waals surface area contributed by atoms with E-state index in [1.165, 1.54) is 18.5 Å². The molecule has 0 saturated heterocycles. The van der Waals surface area contributed by atoms with Crippen LogP contribution >= 0.6 is 0 Å². The normalized spacial score (nSPS) is 10.2. The van der Waals surface area contributed by atoms with Crippen LogP contribution in [-0.4, -0.2) is 25.8 Å². The first-order valence-corrected chi connectivity index (χ1v) is 5.17. The lowest BCUT2D eigenvalue weighted by Crippen LogP contribution is -2.02. The minimum atomic E-state index is -0.988. The Morgan fingerprint density at radius 3 is 3.00 bits per heavy atom. The molecule has 88 valence electrons. The van der Waals surface area contributed by atoms with Crippen molar-refractivity contribution in [3.8, 4) is 0 Å². The van der Waals surface area contributed by atoms with Gasteiger partial charge in [0.1, 0.15) is 0 Å². The lowest BCUT2D eigenvalue weighted by atomic mass is 10.2. The molecule has 0 bridgehead atoms. The summed E-state index contributed by atoms with van der Waals surface area (Å²) >= 11 is 0. The molecule has 0 saturated carbocycles. The molecule has 0 fully saturated rings. The average Bonchev–Trinajstić information content (AvgIpc) is 2.77. The third-order valence-electron chi connectivity index (χ3n) is 2.29. The van der Waals surface area contributed by atoms with E-state index in [0.717, 1.165) is 12.2 Å². The minimum Gasteiger partial charge on any atom is -0.478 e. The van der Waals surface area contributed by atoms with Crippen LogP contribution < -0.4 is 5.32 Å². The van der Waals surface area contributed by atoms with Crippen LogP contribution in [0.25, 0.3) is 0 Å². The van der Waals surface area contributed by atoms with Crippen LogP contribution in [0, 0.1) is 0 Å². The lowest BCUT2D eigenvalue weighted by molar-refractivity contribution is 0.0698. The highest BCUT2D eigenvalue weighted by Crippen LogP contribution is 2.19. The number of aromatic carboxylic acids is 1. The molecule has 0 amide bonds. The van der Waals surface area contributed by atoms with Crippen molar-refractivity contribution in [2.45, 2.75) is 13.5 Å². The Morgan fingerprint density at radius 1 is 1.53 bits per heavy atom.